The normalized spacial score (nSPS) is 12.6. The molecule has 9 aromatic rings. The lowest BCUT2D eigenvalue weighted by atomic mass is 9.94. The molecule has 0 amide bonds. The molecule has 0 unspecified atom stereocenters. The fraction of sp³-hybridized carbons (Fsp3) is 0. The fourth-order valence-corrected chi connectivity index (χ4v) is 7.97. The van der Waals surface area contributed by atoms with Crippen LogP contribution in [0, 0.1) is 0 Å². The van der Waals surface area contributed by atoms with Crippen molar-refractivity contribution in [1.82, 2.24) is 0 Å². The van der Waals surface area contributed by atoms with Gasteiger partial charge in [-0.1, -0.05) is 96.7 Å². The molecule has 0 atom stereocenters. The summed E-state index contributed by atoms with van der Waals surface area (Å²) in [4.78, 5) is 2.62. The van der Waals surface area contributed by atoms with Crippen LogP contribution in [-0.4, -0.2) is 0 Å². The minimum Gasteiger partial charge on any atom is -0.456 e. The maximum atomic E-state index is 6.52. The number of benzene rings is 7. The first-order chi connectivity index (χ1) is 21.3. The van der Waals surface area contributed by atoms with Gasteiger partial charge in [0.05, 0.1) is 0 Å². The molecule has 200 valence electrons. The zero-order chi connectivity index (χ0) is 28.1. The van der Waals surface area contributed by atoms with E-state index in [2.05, 4.69) is 121 Å². The van der Waals surface area contributed by atoms with Crippen molar-refractivity contribution in [2.24, 2.45) is 0 Å². The van der Waals surface area contributed by atoms with Crippen molar-refractivity contribution in [3.8, 4) is 33.4 Å². The number of furan rings is 2. The van der Waals surface area contributed by atoms with Crippen molar-refractivity contribution in [3.05, 3.63) is 133 Å². The van der Waals surface area contributed by atoms with E-state index in [1.54, 1.807) is 0 Å². The number of hydrogen-bond acceptors (Lipinski definition) is 3. The second kappa shape index (κ2) is 8.64. The highest BCUT2D eigenvalue weighted by Gasteiger charge is 2.20. The minimum absolute atomic E-state index is 0.878. The molecular formula is C40H22O2S. The molecule has 0 spiro atoms. The molecule has 10 rings (SSSR count). The van der Waals surface area contributed by atoms with Crippen molar-refractivity contribution in [1.29, 1.82) is 0 Å². The highest BCUT2D eigenvalue weighted by molar-refractivity contribution is 7.99. The molecule has 0 saturated carbocycles. The van der Waals surface area contributed by atoms with Crippen molar-refractivity contribution in [2.45, 2.75) is 9.79 Å². The monoisotopic (exact) mass is 566 g/mol. The second-order valence-electron chi connectivity index (χ2n) is 11.3. The number of para-hydroxylation sites is 2. The molecule has 1 aliphatic heterocycles. The summed E-state index contributed by atoms with van der Waals surface area (Å²) in [5.74, 6) is 0. The van der Waals surface area contributed by atoms with Crippen molar-refractivity contribution < 1.29 is 8.83 Å². The van der Waals surface area contributed by atoms with Crippen LogP contribution in [0.5, 0.6) is 0 Å². The van der Waals surface area contributed by atoms with Gasteiger partial charge in [0.1, 0.15) is 22.3 Å². The van der Waals surface area contributed by atoms with Crippen LogP contribution in [0.25, 0.3) is 88.0 Å². The van der Waals surface area contributed by atoms with Crippen LogP contribution < -0.4 is 0 Å². The summed E-state index contributed by atoms with van der Waals surface area (Å²) in [6, 6.07) is 47.7. The Morgan fingerprint density at radius 3 is 1.98 bits per heavy atom. The van der Waals surface area contributed by atoms with Gasteiger partial charge >= 0.3 is 0 Å². The van der Waals surface area contributed by atoms with Crippen molar-refractivity contribution in [3.63, 3.8) is 0 Å². The first-order valence-corrected chi connectivity index (χ1v) is 15.3. The molecule has 2 nitrogen and oxygen atoms in total. The largest absolute Gasteiger partial charge is 0.456 e. The lowest BCUT2D eigenvalue weighted by molar-refractivity contribution is 0.668. The molecule has 7 aromatic carbocycles. The molecule has 43 heavy (non-hydrogen) atoms. The first kappa shape index (κ1) is 23.3. The van der Waals surface area contributed by atoms with E-state index >= 15 is 0 Å². The van der Waals surface area contributed by atoms with Crippen LogP contribution in [0.3, 0.4) is 0 Å². The van der Waals surface area contributed by atoms with Gasteiger partial charge in [-0.25, -0.2) is 0 Å². The molecule has 3 heteroatoms. The Morgan fingerprint density at radius 2 is 1.07 bits per heavy atom. The molecule has 3 heterocycles. The van der Waals surface area contributed by atoms with E-state index in [-0.39, 0.29) is 0 Å². The summed E-state index contributed by atoms with van der Waals surface area (Å²) >= 11 is 1.86. The predicted octanol–water partition coefficient (Wildman–Crippen LogP) is 12.1. The molecule has 0 fully saturated rings. The smallest absolute Gasteiger partial charge is 0.143 e. The van der Waals surface area contributed by atoms with Crippen LogP contribution in [0.1, 0.15) is 0 Å². The van der Waals surface area contributed by atoms with Gasteiger partial charge in [-0.2, -0.15) is 0 Å². The predicted molar refractivity (Wildman–Crippen MR) is 179 cm³/mol. The third-order valence-corrected chi connectivity index (χ3v) is 10.0. The Balaban J connectivity index is 1.09. The van der Waals surface area contributed by atoms with Crippen LogP contribution >= 0.6 is 11.8 Å². The average Bonchev–Trinajstić information content (AvgIpc) is 3.62. The molecule has 1 aliphatic rings. The van der Waals surface area contributed by atoms with Gasteiger partial charge in [-0.3, -0.25) is 0 Å². The summed E-state index contributed by atoms with van der Waals surface area (Å²) in [6.45, 7) is 0. The Morgan fingerprint density at radius 1 is 0.395 bits per heavy atom. The highest BCUT2D eigenvalue weighted by atomic mass is 32.2. The topological polar surface area (TPSA) is 26.3 Å². The second-order valence-corrected chi connectivity index (χ2v) is 12.4. The maximum absolute atomic E-state index is 6.52. The summed E-state index contributed by atoms with van der Waals surface area (Å²) in [5.41, 5.74) is 10.7. The lowest BCUT2D eigenvalue weighted by Gasteiger charge is -2.21. The molecule has 0 radical (unpaired) electrons. The van der Waals surface area contributed by atoms with Gasteiger partial charge in [0.2, 0.25) is 0 Å². The first-order valence-electron chi connectivity index (χ1n) is 14.5. The lowest BCUT2D eigenvalue weighted by Crippen LogP contribution is -1.93. The third kappa shape index (κ3) is 3.37. The zero-order valence-electron chi connectivity index (χ0n) is 22.9. The van der Waals surface area contributed by atoms with Crippen molar-refractivity contribution in [2.75, 3.05) is 0 Å². The SMILES string of the molecule is c1cc2c3c(cccc3c1)-c1cc(-c3ccc4c(c3)oc3cc(-c5cccc6c5oc5ccccc56)ccc34)ccc1S2. The Labute approximate surface area is 251 Å². The average molecular weight is 567 g/mol. The highest BCUT2D eigenvalue weighted by Crippen LogP contribution is 2.49. The fourth-order valence-electron chi connectivity index (χ4n) is 6.84. The van der Waals surface area contributed by atoms with E-state index in [9.17, 15) is 0 Å². The summed E-state index contributed by atoms with van der Waals surface area (Å²) in [5, 5.41) is 7.15. The van der Waals surface area contributed by atoms with E-state index in [4.69, 9.17) is 8.83 Å². The Hall–Kier alpha value is -5.25. The summed E-state index contributed by atoms with van der Waals surface area (Å²) < 4.78 is 12.8. The van der Waals surface area contributed by atoms with Crippen LogP contribution in [0.4, 0.5) is 0 Å². The number of hydrogen-bond donors (Lipinski definition) is 0. The van der Waals surface area contributed by atoms with Gasteiger partial charge in [-0.05, 0) is 81.7 Å². The van der Waals surface area contributed by atoms with E-state index in [0.29, 0.717) is 0 Å². The molecule has 0 N–H and O–H groups in total. The molecule has 2 aromatic heterocycles. The molecule has 0 aliphatic carbocycles. The molecule has 0 bridgehead atoms. The van der Waals surface area contributed by atoms with Crippen LogP contribution in [0.2, 0.25) is 0 Å². The maximum Gasteiger partial charge on any atom is 0.143 e. The van der Waals surface area contributed by atoms with E-state index in [1.807, 2.05) is 23.9 Å². The summed E-state index contributed by atoms with van der Waals surface area (Å²) in [6.07, 6.45) is 0. The number of fused-ring (bicyclic) bond motifs is 8. The van der Waals surface area contributed by atoms with E-state index in [1.165, 1.54) is 37.3 Å². The van der Waals surface area contributed by atoms with Crippen LogP contribution in [0.15, 0.2) is 152 Å². The zero-order valence-corrected chi connectivity index (χ0v) is 23.7. The van der Waals surface area contributed by atoms with Gasteiger partial charge < -0.3 is 8.83 Å². The molecular weight excluding hydrogens is 545 g/mol. The minimum atomic E-state index is 0.878. The Kier molecular flexibility index (Phi) is 4.68. The van der Waals surface area contributed by atoms with Gasteiger partial charge in [0.25, 0.3) is 0 Å². The molecule has 0 saturated heterocycles. The third-order valence-electron chi connectivity index (χ3n) is 8.88. The van der Waals surface area contributed by atoms with Crippen molar-refractivity contribution >= 4 is 66.4 Å². The standard InChI is InChI=1S/C40H22O2S/c1-2-12-34-28(8-1)32-11-5-9-27(40(32)42-34)26-15-18-30-29-17-14-25(21-35(29)41-36(30)22-26)24-16-19-37-33(20-24)31-10-3-6-23-7-4-13-38(43-37)39(23)31/h1-22H. The van der Waals surface area contributed by atoms with Crippen LogP contribution in [-0.2, 0) is 0 Å². The van der Waals surface area contributed by atoms with Gasteiger partial charge in [-0.15, -0.1) is 0 Å². The van der Waals surface area contributed by atoms with Gasteiger partial charge in [0.15, 0.2) is 0 Å². The van der Waals surface area contributed by atoms with Gasteiger partial charge in [0, 0.05) is 42.3 Å². The van der Waals surface area contributed by atoms with E-state index < -0.39 is 0 Å². The summed E-state index contributed by atoms with van der Waals surface area (Å²) in [7, 11) is 0. The quantitative estimate of drug-likeness (QED) is 0.208. The Bertz CT molecular complexity index is 2600. The number of rotatable bonds is 2. The van der Waals surface area contributed by atoms with E-state index in [0.717, 1.165) is 60.6 Å².